The van der Waals surface area contributed by atoms with Gasteiger partial charge in [0, 0.05) is 25.1 Å². The van der Waals surface area contributed by atoms with Gasteiger partial charge in [0.25, 0.3) is 5.91 Å². The summed E-state index contributed by atoms with van der Waals surface area (Å²) in [6, 6.07) is 0. The summed E-state index contributed by atoms with van der Waals surface area (Å²) in [4.78, 5) is 20.2. The Bertz CT molecular complexity index is 520. The third-order valence-electron chi connectivity index (χ3n) is 4.63. The molecule has 3 rings (SSSR count). The van der Waals surface area contributed by atoms with Crippen LogP contribution in [0.15, 0.2) is 0 Å². The fourth-order valence-corrected chi connectivity index (χ4v) is 4.59. The maximum absolute atomic E-state index is 12.8. The molecule has 0 saturated carbocycles. The number of hydrogen-bond donors (Lipinski definition) is 0. The van der Waals surface area contributed by atoms with Gasteiger partial charge >= 0.3 is 0 Å². The first-order valence-corrected chi connectivity index (χ1v) is 8.78. The summed E-state index contributed by atoms with van der Waals surface area (Å²) in [6.07, 6.45) is 5.45. The van der Waals surface area contributed by atoms with E-state index < -0.39 is 0 Å². The lowest BCUT2D eigenvalue weighted by Gasteiger charge is -2.32. The van der Waals surface area contributed by atoms with Gasteiger partial charge in [0.2, 0.25) is 0 Å². The molecule has 21 heavy (non-hydrogen) atoms. The number of hydrogen-bond acceptors (Lipinski definition) is 4. The SMILES string of the molecule is CCCc1nc(C)c(C(=O)N2CCC3(CCCOC3)C2)s1. The monoisotopic (exact) mass is 308 g/mol. The minimum atomic E-state index is 0.176. The number of nitrogens with zero attached hydrogens (tertiary/aromatic N) is 2. The Balaban J connectivity index is 1.71. The first-order chi connectivity index (χ1) is 10.1. The lowest BCUT2D eigenvalue weighted by atomic mass is 9.82. The highest BCUT2D eigenvalue weighted by molar-refractivity contribution is 7.13. The molecule has 0 aliphatic carbocycles. The molecule has 116 valence electrons. The molecule has 5 heteroatoms. The second-order valence-corrected chi connectivity index (χ2v) is 7.49. The quantitative estimate of drug-likeness (QED) is 0.862. The molecule has 1 aromatic rings. The smallest absolute Gasteiger partial charge is 0.265 e. The molecule has 2 saturated heterocycles. The van der Waals surface area contributed by atoms with Crippen LogP contribution in [0.4, 0.5) is 0 Å². The van der Waals surface area contributed by atoms with Crippen LogP contribution >= 0.6 is 11.3 Å². The number of aryl methyl sites for hydroxylation is 2. The van der Waals surface area contributed by atoms with Gasteiger partial charge in [-0.1, -0.05) is 6.92 Å². The summed E-state index contributed by atoms with van der Waals surface area (Å²) in [6.45, 7) is 7.52. The molecule has 1 spiro atoms. The van der Waals surface area contributed by atoms with E-state index in [1.165, 1.54) is 6.42 Å². The lowest BCUT2D eigenvalue weighted by molar-refractivity contribution is -0.00157. The van der Waals surface area contributed by atoms with Crippen molar-refractivity contribution in [3.05, 3.63) is 15.6 Å². The van der Waals surface area contributed by atoms with Gasteiger partial charge in [0.15, 0.2) is 0 Å². The van der Waals surface area contributed by atoms with Crippen LogP contribution in [-0.2, 0) is 11.2 Å². The average Bonchev–Trinajstić information content (AvgIpc) is 3.04. The second kappa shape index (κ2) is 6.05. The highest BCUT2D eigenvalue weighted by Gasteiger charge is 2.42. The van der Waals surface area contributed by atoms with Crippen LogP contribution in [0.25, 0.3) is 0 Å². The van der Waals surface area contributed by atoms with Gasteiger partial charge in [-0.2, -0.15) is 0 Å². The minimum Gasteiger partial charge on any atom is -0.381 e. The first kappa shape index (κ1) is 15.0. The van der Waals surface area contributed by atoms with Crippen LogP contribution < -0.4 is 0 Å². The predicted octanol–water partition coefficient (Wildman–Crippen LogP) is 3.05. The molecule has 1 amide bonds. The molecule has 4 nitrogen and oxygen atoms in total. The third-order valence-corrected chi connectivity index (χ3v) is 5.83. The lowest BCUT2D eigenvalue weighted by Crippen LogP contribution is -2.37. The molecule has 0 N–H and O–H groups in total. The molecular weight excluding hydrogens is 284 g/mol. The highest BCUT2D eigenvalue weighted by atomic mass is 32.1. The normalized spacial score (nSPS) is 25.7. The van der Waals surface area contributed by atoms with Crippen LogP contribution in [-0.4, -0.2) is 42.1 Å². The molecular formula is C16H24N2O2S. The van der Waals surface area contributed by atoms with E-state index in [4.69, 9.17) is 4.74 Å². The van der Waals surface area contributed by atoms with E-state index >= 15 is 0 Å². The van der Waals surface area contributed by atoms with E-state index in [0.717, 1.165) is 67.6 Å². The molecule has 1 atom stereocenters. The fourth-order valence-electron chi connectivity index (χ4n) is 3.46. The minimum absolute atomic E-state index is 0.176. The number of ether oxygens (including phenoxy) is 1. The number of rotatable bonds is 3. The predicted molar refractivity (Wildman–Crippen MR) is 83.9 cm³/mol. The Morgan fingerprint density at radius 1 is 1.48 bits per heavy atom. The van der Waals surface area contributed by atoms with Gasteiger partial charge in [-0.05, 0) is 39.0 Å². The van der Waals surface area contributed by atoms with Crippen molar-refractivity contribution in [3.8, 4) is 0 Å². The van der Waals surface area contributed by atoms with E-state index in [0.29, 0.717) is 0 Å². The molecule has 3 heterocycles. The van der Waals surface area contributed by atoms with Crippen LogP contribution in [0.3, 0.4) is 0 Å². The maximum Gasteiger partial charge on any atom is 0.265 e. The summed E-state index contributed by atoms with van der Waals surface area (Å²) < 4.78 is 5.65. The maximum atomic E-state index is 12.8. The van der Waals surface area contributed by atoms with Crippen molar-refractivity contribution in [1.82, 2.24) is 9.88 Å². The molecule has 2 fully saturated rings. The van der Waals surface area contributed by atoms with Gasteiger partial charge < -0.3 is 9.64 Å². The van der Waals surface area contributed by atoms with Gasteiger partial charge in [0.05, 0.1) is 17.3 Å². The van der Waals surface area contributed by atoms with Gasteiger partial charge in [0.1, 0.15) is 4.88 Å². The fraction of sp³-hybridized carbons (Fsp3) is 0.750. The molecule has 1 aromatic heterocycles. The van der Waals surface area contributed by atoms with Crippen LogP contribution in [0.2, 0.25) is 0 Å². The van der Waals surface area contributed by atoms with Crippen molar-refractivity contribution in [1.29, 1.82) is 0 Å². The Morgan fingerprint density at radius 2 is 2.33 bits per heavy atom. The van der Waals surface area contributed by atoms with Gasteiger partial charge in [-0.15, -0.1) is 11.3 Å². The van der Waals surface area contributed by atoms with Crippen molar-refractivity contribution < 1.29 is 9.53 Å². The van der Waals surface area contributed by atoms with Crippen molar-refractivity contribution >= 4 is 17.2 Å². The number of carbonyl (C=O) groups is 1. The van der Waals surface area contributed by atoms with Crippen LogP contribution in [0.1, 0.15) is 53.0 Å². The molecule has 2 aliphatic heterocycles. The Morgan fingerprint density at radius 3 is 3.05 bits per heavy atom. The van der Waals surface area contributed by atoms with Crippen molar-refractivity contribution in [2.24, 2.45) is 5.41 Å². The summed E-state index contributed by atoms with van der Waals surface area (Å²) in [5.74, 6) is 0.176. The third kappa shape index (κ3) is 2.99. The second-order valence-electron chi connectivity index (χ2n) is 6.40. The van der Waals surface area contributed by atoms with E-state index in [1.807, 2.05) is 11.8 Å². The molecule has 2 aliphatic rings. The summed E-state index contributed by atoms with van der Waals surface area (Å²) >= 11 is 1.58. The van der Waals surface area contributed by atoms with E-state index in [2.05, 4.69) is 11.9 Å². The number of amides is 1. The van der Waals surface area contributed by atoms with Crippen LogP contribution in [0.5, 0.6) is 0 Å². The van der Waals surface area contributed by atoms with Crippen molar-refractivity contribution in [3.63, 3.8) is 0 Å². The zero-order valence-corrected chi connectivity index (χ0v) is 13.8. The molecule has 0 radical (unpaired) electrons. The number of likely N-dealkylation sites (tertiary alicyclic amines) is 1. The Kier molecular flexibility index (Phi) is 4.31. The zero-order valence-electron chi connectivity index (χ0n) is 13.0. The van der Waals surface area contributed by atoms with Gasteiger partial charge in [-0.25, -0.2) is 4.98 Å². The zero-order chi connectivity index (χ0) is 14.9. The Hall–Kier alpha value is -0.940. The van der Waals surface area contributed by atoms with Gasteiger partial charge in [-0.3, -0.25) is 4.79 Å². The topological polar surface area (TPSA) is 42.4 Å². The number of thiazole rings is 1. The standard InChI is InChI=1S/C16H24N2O2S/c1-3-5-13-17-12(2)14(21-13)15(19)18-8-7-16(10-18)6-4-9-20-11-16/h3-11H2,1-2H3. The summed E-state index contributed by atoms with van der Waals surface area (Å²) in [5, 5.41) is 1.09. The van der Waals surface area contributed by atoms with Crippen molar-refractivity contribution in [2.45, 2.75) is 46.0 Å². The molecule has 0 aromatic carbocycles. The van der Waals surface area contributed by atoms with Crippen molar-refractivity contribution in [2.75, 3.05) is 26.3 Å². The van der Waals surface area contributed by atoms with E-state index in [9.17, 15) is 4.79 Å². The number of carbonyl (C=O) groups excluding carboxylic acids is 1. The summed E-state index contributed by atoms with van der Waals surface area (Å²) in [7, 11) is 0. The largest absolute Gasteiger partial charge is 0.381 e. The van der Waals surface area contributed by atoms with E-state index in [1.54, 1.807) is 11.3 Å². The molecule has 1 unspecified atom stereocenters. The van der Waals surface area contributed by atoms with E-state index in [-0.39, 0.29) is 11.3 Å². The molecule has 0 bridgehead atoms. The first-order valence-electron chi connectivity index (χ1n) is 7.97. The van der Waals surface area contributed by atoms with Crippen LogP contribution in [0, 0.1) is 12.3 Å². The highest BCUT2D eigenvalue weighted by Crippen LogP contribution is 2.39. The number of aromatic nitrogens is 1. The average molecular weight is 308 g/mol. The summed E-state index contributed by atoms with van der Waals surface area (Å²) in [5.41, 5.74) is 1.12. The Labute approximate surface area is 130 Å².